The normalized spacial score (nSPS) is 27.8. The summed E-state index contributed by atoms with van der Waals surface area (Å²) in [5.74, 6) is 1.57. The van der Waals surface area contributed by atoms with Crippen LogP contribution in [0.2, 0.25) is 5.02 Å². The van der Waals surface area contributed by atoms with E-state index in [4.69, 9.17) is 23.2 Å². The van der Waals surface area contributed by atoms with Gasteiger partial charge in [0.25, 0.3) is 0 Å². The van der Waals surface area contributed by atoms with E-state index < -0.39 is 0 Å². The van der Waals surface area contributed by atoms with Gasteiger partial charge in [0.1, 0.15) is 5.82 Å². The lowest BCUT2D eigenvalue weighted by Crippen LogP contribution is -2.29. The standard InChI is InChI=1S/C16H21Cl2F/c1-10(2)12-4-6-14(17)13(9-12)7-11-3-5-15(18)16(19)8-11/h3,5,8,10,12-14H,4,6-7,9H2,1-2H3. The quantitative estimate of drug-likeness (QED) is 0.628. The summed E-state index contributed by atoms with van der Waals surface area (Å²) in [6, 6.07) is 5.09. The maximum absolute atomic E-state index is 13.5. The first-order valence-electron chi connectivity index (χ1n) is 7.05. The Labute approximate surface area is 125 Å². The van der Waals surface area contributed by atoms with E-state index in [0.717, 1.165) is 30.7 Å². The molecule has 3 heteroatoms. The predicted molar refractivity (Wildman–Crippen MR) is 80.4 cm³/mol. The lowest BCUT2D eigenvalue weighted by molar-refractivity contribution is 0.218. The topological polar surface area (TPSA) is 0 Å². The van der Waals surface area contributed by atoms with Gasteiger partial charge in [-0.1, -0.05) is 31.5 Å². The van der Waals surface area contributed by atoms with Crippen LogP contribution in [0, 0.1) is 23.6 Å². The highest BCUT2D eigenvalue weighted by atomic mass is 35.5. The van der Waals surface area contributed by atoms with Crippen LogP contribution in [0.1, 0.15) is 38.7 Å². The number of rotatable bonds is 3. The van der Waals surface area contributed by atoms with Crippen LogP contribution in [0.3, 0.4) is 0 Å². The van der Waals surface area contributed by atoms with Gasteiger partial charge < -0.3 is 0 Å². The van der Waals surface area contributed by atoms with Crippen LogP contribution in [0.5, 0.6) is 0 Å². The molecule has 106 valence electrons. The van der Waals surface area contributed by atoms with E-state index in [2.05, 4.69) is 13.8 Å². The molecule has 1 fully saturated rings. The second kappa shape index (κ2) is 6.45. The first-order chi connectivity index (χ1) is 8.97. The van der Waals surface area contributed by atoms with Crippen LogP contribution in [0.15, 0.2) is 18.2 Å². The molecule has 0 heterocycles. The summed E-state index contributed by atoms with van der Waals surface area (Å²) in [5.41, 5.74) is 1.00. The zero-order valence-corrected chi connectivity index (χ0v) is 13.0. The molecule has 0 aromatic heterocycles. The molecule has 3 atom stereocenters. The molecule has 1 aromatic rings. The highest BCUT2D eigenvalue weighted by Gasteiger charge is 2.30. The molecule has 0 nitrogen and oxygen atoms in total. The Bertz CT molecular complexity index is 431. The van der Waals surface area contributed by atoms with E-state index in [-0.39, 0.29) is 16.2 Å². The largest absolute Gasteiger partial charge is 0.205 e. The third kappa shape index (κ3) is 3.86. The summed E-state index contributed by atoms with van der Waals surface area (Å²) in [7, 11) is 0. The van der Waals surface area contributed by atoms with Crippen molar-refractivity contribution in [1.29, 1.82) is 0 Å². The number of alkyl halides is 1. The van der Waals surface area contributed by atoms with Crippen molar-refractivity contribution in [3.8, 4) is 0 Å². The SMILES string of the molecule is CC(C)C1CCC(Cl)C(Cc2ccc(Cl)c(F)c2)C1. The summed E-state index contributed by atoms with van der Waals surface area (Å²) in [6.07, 6.45) is 4.30. The Morgan fingerprint density at radius 1 is 1.32 bits per heavy atom. The van der Waals surface area contributed by atoms with E-state index >= 15 is 0 Å². The number of benzene rings is 1. The monoisotopic (exact) mass is 302 g/mol. The van der Waals surface area contributed by atoms with Gasteiger partial charge in [-0.25, -0.2) is 4.39 Å². The molecule has 0 bridgehead atoms. The van der Waals surface area contributed by atoms with E-state index in [1.165, 1.54) is 6.42 Å². The van der Waals surface area contributed by atoms with Gasteiger partial charge in [-0.3, -0.25) is 0 Å². The van der Waals surface area contributed by atoms with Crippen LogP contribution >= 0.6 is 23.2 Å². The predicted octanol–water partition coefficient (Wildman–Crippen LogP) is 5.70. The lowest BCUT2D eigenvalue weighted by Gasteiger charge is -2.35. The Morgan fingerprint density at radius 3 is 2.68 bits per heavy atom. The van der Waals surface area contributed by atoms with E-state index in [1.807, 2.05) is 6.07 Å². The third-order valence-electron chi connectivity index (χ3n) is 4.35. The molecule has 1 aromatic carbocycles. The smallest absolute Gasteiger partial charge is 0.142 e. The van der Waals surface area contributed by atoms with Crippen LogP contribution in [0.4, 0.5) is 4.39 Å². The highest BCUT2D eigenvalue weighted by Crippen LogP contribution is 2.38. The molecule has 0 aliphatic heterocycles. The summed E-state index contributed by atoms with van der Waals surface area (Å²) < 4.78 is 13.5. The zero-order chi connectivity index (χ0) is 14.0. The summed E-state index contributed by atoms with van der Waals surface area (Å²) in [5, 5.41) is 0.406. The molecule has 0 amide bonds. The molecule has 19 heavy (non-hydrogen) atoms. The molecule has 3 unspecified atom stereocenters. The van der Waals surface area contributed by atoms with Crippen molar-refractivity contribution < 1.29 is 4.39 Å². The average Bonchev–Trinajstić information content (AvgIpc) is 2.36. The maximum Gasteiger partial charge on any atom is 0.142 e. The molecule has 0 radical (unpaired) electrons. The minimum absolute atomic E-state index is 0.190. The molecule has 2 rings (SSSR count). The summed E-state index contributed by atoms with van der Waals surface area (Å²) in [6.45, 7) is 4.55. The molecular weight excluding hydrogens is 282 g/mol. The van der Waals surface area contributed by atoms with Crippen molar-refractivity contribution >= 4 is 23.2 Å². The van der Waals surface area contributed by atoms with Crippen LogP contribution < -0.4 is 0 Å². The number of hydrogen-bond acceptors (Lipinski definition) is 0. The first-order valence-corrected chi connectivity index (χ1v) is 7.86. The first kappa shape index (κ1) is 15.1. The molecule has 0 saturated heterocycles. The zero-order valence-electron chi connectivity index (χ0n) is 11.5. The highest BCUT2D eigenvalue weighted by molar-refractivity contribution is 6.30. The van der Waals surface area contributed by atoms with E-state index in [0.29, 0.717) is 11.8 Å². The average molecular weight is 303 g/mol. The Morgan fingerprint density at radius 2 is 2.05 bits per heavy atom. The van der Waals surface area contributed by atoms with Crippen LogP contribution in [0.25, 0.3) is 0 Å². The Kier molecular flexibility index (Phi) is 5.14. The van der Waals surface area contributed by atoms with E-state index in [1.54, 1.807) is 12.1 Å². The minimum Gasteiger partial charge on any atom is -0.205 e. The number of halogens is 3. The van der Waals surface area contributed by atoms with Gasteiger partial charge in [0.15, 0.2) is 0 Å². The van der Waals surface area contributed by atoms with Gasteiger partial charge in [-0.15, -0.1) is 11.6 Å². The van der Waals surface area contributed by atoms with E-state index in [9.17, 15) is 4.39 Å². The van der Waals surface area contributed by atoms with Gasteiger partial charge in [-0.2, -0.15) is 0 Å². The van der Waals surface area contributed by atoms with Gasteiger partial charge in [0.2, 0.25) is 0 Å². The van der Waals surface area contributed by atoms with Crippen molar-refractivity contribution in [2.24, 2.45) is 17.8 Å². The van der Waals surface area contributed by atoms with Crippen molar-refractivity contribution in [2.75, 3.05) is 0 Å². The van der Waals surface area contributed by atoms with Gasteiger partial charge in [0, 0.05) is 5.38 Å². The van der Waals surface area contributed by atoms with Crippen molar-refractivity contribution in [3.63, 3.8) is 0 Å². The Balaban J connectivity index is 2.05. The Hall–Kier alpha value is -0.270. The fourth-order valence-electron chi connectivity index (χ4n) is 3.05. The fraction of sp³-hybridized carbons (Fsp3) is 0.625. The third-order valence-corrected chi connectivity index (χ3v) is 5.24. The van der Waals surface area contributed by atoms with Gasteiger partial charge in [-0.05, 0) is 61.1 Å². The molecule has 1 saturated carbocycles. The number of hydrogen-bond donors (Lipinski definition) is 0. The van der Waals surface area contributed by atoms with Crippen LogP contribution in [-0.2, 0) is 6.42 Å². The second-order valence-corrected chi connectivity index (χ2v) is 7.01. The molecule has 0 N–H and O–H groups in total. The van der Waals surface area contributed by atoms with Gasteiger partial charge in [0.05, 0.1) is 5.02 Å². The fourth-order valence-corrected chi connectivity index (χ4v) is 3.48. The van der Waals surface area contributed by atoms with Crippen molar-refractivity contribution in [2.45, 2.75) is 44.9 Å². The molecular formula is C16H21Cl2F. The van der Waals surface area contributed by atoms with Crippen molar-refractivity contribution in [3.05, 3.63) is 34.6 Å². The lowest BCUT2D eigenvalue weighted by atomic mass is 9.74. The summed E-state index contributed by atoms with van der Waals surface area (Å²) >= 11 is 12.2. The molecule has 0 spiro atoms. The van der Waals surface area contributed by atoms with Gasteiger partial charge >= 0.3 is 0 Å². The molecule has 1 aliphatic rings. The minimum atomic E-state index is -0.332. The maximum atomic E-state index is 13.5. The van der Waals surface area contributed by atoms with Crippen molar-refractivity contribution in [1.82, 2.24) is 0 Å². The summed E-state index contributed by atoms with van der Waals surface area (Å²) in [4.78, 5) is 0. The molecule has 1 aliphatic carbocycles. The van der Waals surface area contributed by atoms with Crippen LogP contribution in [-0.4, -0.2) is 5.38 Å². The second-order valence-electron chi connectivity index (χ2n) is 6.05.